The number of rotatable bonds is 7. The number of esters is 1. The molecule has 1 aliphatic heterocycles. The van der Waals surface area contributed by atoms with Gasteiger partial charge < -0.3 is 20.3 Å². The predicted octanol–water partition coefficient (Wildman–Crippen LogP) is 0.630. The molecule has 0 saturated carbocycles. The molecule has 12 nitrogen and oxygen atoms in total. The lowest BCUT2D eigenvalue weighted by Crippen LogP contribution is -2.37. The number of aryl methyl sites for hydroxylation is 1. The predicted molar refractivity (Wildman–Crippen MR) is 108 cm³/mol. The number of nitrogens with two attached hydrogens (primary N) is 1. The van der Waals surface area contributed by atoms with Gasteiger partial charge in [-0.3, -0.25) is 19.1 Å². The van der Waals surface area contributed by atoms with Crippen LogP contribution in [0, 0.1) is 6.92 Å². The van der Waals surface area contributed by atoms with Crippen molar-refractivity contribution in [2.75, 3.05) is 6.61 Å². The summed E-state index contributed by atoms with van der Waals surface area (Å²) in [6.07, 6.45) is 0.148. The third-order valence-corrected chi connectivity index (χ3v) is 4.94. The topological polar surface area (TPSA) is 185 Å². The van der Waals surface area contributed by atoms with Gasteiger partial charge in [-0.2, -0.15) is 0 Å². The van der Waals surface area contributed by atoms with Crippen LogP contribution in [0.1, 0.15) is 23.8 Å². The molecule has 2 heterocycles. The molecule has 4 atom stereocenters. The molecule has 1 aromatic heterocycles. The van der Waals surface area contributed by atoms with Crippen LogP contribution in [0.15, 0.2) is 45.2 Å². The number of azide groups is 1. The summed E-state index contributed by atoms with van der Waals surface area (Å²) in [4.78, 5) is 40.9. The summed E-state index contributed by atoms with van der Waals surface area (Å²) in [5, 5.41) is 13.0. The fourth-order valence-electron chi connectivity index (χ4n) is 3.26. The molecule has 0 radical (unpaired) electrons. The average Bonchev–Trinajstić information content (AvgIpc) is 3.13. The number of aromatic nitrogens is 2. The van der Waals surface area contributed by atoms with E-state index >= 15 is 0 Å². The molecular weight excluding hydrogens is 408 g/mol. The normalized spacial score (nSPS) is 21.3. The van der Waals surface area contributed by atoms with Crippen LogP contribution in [0.25, 0.3) is 10.4 Å². The van der Waals surface area contributed by atoms with Crippen LogP contribution in [0.3, 0.4) is 0 Å². The Hall–Kier alpha value is -3.60. The minimum absolute atomic E-state index is 0.105. The molecule has 164 valence electrons. The molecule has 3 rings (SSSR count). The Balaban J connectivity index is 1.64. The molecule has 2 aromatic rings. The van der Waals surface area contributed by atoms with Crippen molar-refractivity contribution in [3.8, 4) is 5.75 Å². The standard InChI is InChI=1S/C19H22N6O6/c1-10-8-25(19(29)22-17(10)27)16-7-14(23-24-21)15(31-16)9-30-18(28)13(20)6-11-2-4-12(26)5-3-11/h2-5,8,13-16,26H,6-7,9,20H2,1H3,(H,22,27,29)/t13-,14-,15+,16+/m0/s1. The van der Waals surface area contributed by atoms with E-state index in [0.717, 1.165) is 5.56 Å². The number of nitrogens with zero attached hydrogens (tertiary/aromatic N) is 4. The third-order valence-electron chi connectivity index (χ3n) is 4.94. The highest BCUT2D eigenvalue weighted by molar-refractivity contribution is 5.75. The van der Waals surface area contributed by atoms with Crippen molar-refractivity contribution in [3.63, 3.8) is 0 Å². The molecule has 1 fully saturated rings. The molecule has 0 spiro atoms. The molecule has 0 unspecified atom stereocenters. The summed E-state index contributed by atoms with van der Waals surface area (Å²) in [6, 6.07) is 4.65. The number of ether oxygens (including phenoxy) is 2. The maximum absolute atomic E-state index is 12.3. The smallest absolute Gasteiger partial charge is 0.330 e. The van der Waals surface area contributed by atoms with Crippen LogP contribution < -0.4 is 17.0 Å². The van der Waals surface area contributed by atoms with Gasteiger partial charge in [0.25, 0.3) is 5.56 Å². The first-order chi connectivity index (χ1) is 14.8. The number of aromatic amines is 1. The molecule has 1 saturated heterocycles. The van der Waals surface area contributed by atoms with E-state index < -0.39 is 41.6 Å². The molecule has 0 amide bonds. The van der Waals surface area contributed by atoms with Crippen molar-refractivity contribution >= 4 is 5.97 Å². The Bertz CT molecular complexity index is 1100. The van der Waals surface area contributed by atoms with Gasteiger partial charge in [0.2, 0.25) is 0 Å². The summed E-state index contributed by atoms with van der Waals surface area (Å²) < 4.78 is 12.2. The van der Waals surface area contributed by atoms with E-state index in [2.05, 4.69) is 15.0 Å². The zero-order valence-electron chi connectivity index (χ0n) is 16.7. The van der Waals surface area contributed by atoms with E-state index in [-0.39, 0.29) is 25.2 Å². The van der Waals surface area contributed by atoms with Crippen LogP contribution in [0.2, 0.25) is 0 Å². The second-order valence-corrected chi connectivity index (χ2v) is 7.22. The van der Waals surface area contributed by atoms with Crippen molar-refractivity contribution in [3.05, 3.63) is 72.9 Å². The molecular formula is C19H22N6O6. The molecule has 4 N–H and O–H groups in total. The quantitative estimate of drug-likeness (QED) is 0.249. The average molecular weight is 430 g/mol. The summed E-state index contributed by atoms with van der Waals surface area (Å²) in [6.45, 7) is 1.32. The zero-order chi connectivity index (χ0) is 22.5. The highest BCUT2D eigenvalue weighted by atomic mass is 16.6. The molecule has 1 aliphatic rings. The van der Waals surface area contributed by atoms with E-state index in [0.29, 0.717) is 5.56 Å². The fraction of sp³-hybridized carbons (Fsp3) is 0.421. The number of hydrogen-bond acceptors (Lipinski definition) is 8. The number of benzene rings is 1. The van der Waals surface area contributed by atoms with Gasteiger partial charge in [-0.05, 0) is 36.6 Å². The summed E-state index contributed by atoms with van der Waals surface area (Å²) in [5.41, 5.74) is 14.6. The van der Waals surface area contributed by atoms with Crippen LogP contribution in [-0.2, 0) is 20.7 Å². The fourth-order valence-corrected chi connectivity index (χ4v) is 3.26. The second kappa shape index (κ2) is 9.47. The first kappa shape index (κ1) is 22.1. The number of hydrogen-bond donors (Lipinski definition) is 3. The van der Waals surface area contributed by atoms with Crippen molar-refractivity contribution < 1.29 is 19.4 Å². The molecule has 1 aromatic carbocycles. The van der Waals surface area contributed by atoms with Gasteiger partial charge in [0.05, 0.1) is 6.04 Å². The van der Waals surface area contributed by atoms with Gasteiger partial charge in [0, 0.05) is 23.1 Å². The number of aromatic hydroxyl groups is 1. The lowest BCUT2D eigenvalue weighted by molar-refractivity contribution is -0.150. The van der Waals surface area contributed by atoms with Gasteiger partial charge in [-0.1, -0.05) is 17.2 Å². The largest absolute Gasteiger partial charge is 0.508 e. The number of phenols is 1. The first-order valence-corrected chi connectivity index (χ1v) is 9.50. The van der Waals surface area contributed by atoms with E-state index in [1.807, 2.05) is 0 Å². The van der Waals surface area contributed by atoms with Gasteiger partial charge in [-0.15, -0.1) is 0 Å². The Morgan fingerprint density at radius 2 is 2.16 bits per heavy atom. The SMILES string of the molecule is Cc1cn([C@H]2C[C@H](N=[N+]=[N-])[C@@H](COC(=O)[C@@H](N)Cc3ccc(O)cc3)O2)c(=O)[nH]c1=O. The van der Waals surface area contributed by atoms with Crippen molar-refractivity contribution in [1.82, 2.24) is 9.55 Å². The van der Waals surface area contributed by atoms with Gasteiger partial charge in [0.15, 0.2) is 0 Å². The van der Waals surface area contributed by atoms with Crippen LogP contribution in [-0.4, -0.2) is 45.4 Å². The number of phenolic OH excluding ortho intramolecular Hbond substituents is 1. The first-order valence-electron chi connectivity index (χ1n) is 9.50. The maximum atomic E-state index is 12.3. The van der Waals surface area contributed by atoms with Crippen LogP contribution >= 0.6 is 0 Å². The van der Waals surface area contributed by atoms with E-state index in [1.165, 1.54) is 22.9 Å². The highest BCUT2D eigenvalue weighted by Crippen LogP contribution is 2.30. The summed E-state index contributed by atoms with van der Waals surface area (Å²) in [5.74, 6) is -0.564. The van der Waals surface area contributed by atoms with Gasteiger partial charge in [0.1, 0.15) is 30.7 Å². The number of H-pyrrole nitrogens is 1. The minimum atomic E-state index is -0.941. The monoisotopic (exact) mass is 430 g/mol. The van der Waals surface area contributed by atoms with Crippen LogP contribution in [0.5, 0.6) is 5.75 Å². The Labute approximate surface area is 175 Å². The minimum Gasteiger partial charge on any atom is -0.508 e. The molecule has 0 bridgehead atoms. The van der Waals surface area contributed by atoms with Crippen LogP contribution in [0.4, 0.5) is 0 Å². The van der Waals surface area contributed by atoms with Gasteiger partial charge >= 0.3 is 11.7 Å². The second-order valence-electron chi connectivity index (χ2n) is 7.22. The summed E-state index contributed by atoms with van der Waals surface area (Å²) in [7, 11) is 0. The third kappa shape index (κ3) is 5.31. The van der Waals surface area contributed by atoms with Gasteiger partial charge in [-0.25, -0.2) is 4.79 Å². The number of nitrogens with one attached hydrogen (secondary N) is 1. The van der Waals surface area contributed by atoms with E-state index in [1.54, 1.807) is 19.1 Å². The summed E-state index contributed by atoms with van der Waals surface area (Å²) >= 11 is 0. The number of carbonyl (C=O) groups excluding carboxylic acids is 1. The van der Waals surface area contributed by atoms with Crippen molar-refractivity contribution in [1.29, 1.82) is 0 Å². The Morgan fingerprint density at radius 3 is 2.84 bits per heavy atom. The Morgan fingerprint density at radius 1 is 1.45 bits per heavy atom. The maximum Gasteiger partial charge on any atom is 0.330 e. The Kier molecular flexibility index (Phi) is 6.75. The van der Waals surface area contributed by atoms with E-state index in [4.69, 9.17) is 20.7 Å². The highest BCUT2D eigenvalue weighted by Gasteiger charge is 2.37. The van der Waals surface area contributed by atoms with Crippen molar-refractivity contribution in [2.45, 2.75) is 44.2 Å². The molecule has 31 heavy (non-hydrogen) atoms. The lowest BCUT2D eigenvalue weighted by atomic mass is 10.1. The number of carbonyl (C=O) groups is 1. The van der Waals surface area contributed by atoms with E-state index in [9.17, 15) is 19.5 Å². The lowest BCUT2D eigenvalue weighted by Gasteiger charge is -2.18. The molecule has 12 heteroatoms. The van der Waals surface area contributed by atoms with Crippen molar-refractivity contribution in [2.24, 2.45) is 10.8 Å². The zero-order valence-corrected chi connectivity index (χ0v) is 16.7. The molecule has 0 aliphatic carbocycles.